The molecule has 0 aromatic carbocycles. The number of carbonyl (C=O) groups is 1. The number of aliphatic carboxylic acids is 1. The Balaban J connectivity index is 2.47. The average molecular weight is 214 g/mol. The molecule has 0 radical (unpaired) electrons. The Kier molecular flexibility index (Phi) is 4.58. The lowest BCUT2D eigenvalue weighted by molar-refractivity contribution is -0.143. The molecule has 0 aliphatic heterocycles. The number of rotatable bonds is 4. The van der Waals surface area contributed by atoms with E-state index in [0.717, 1.165) is 19.3 Å². The van der Waals surface area contributed by atoms with Crippen LogP contribution in [-0.2, 0) is 4.79 Å². The van der Waals surface area contributed by atoms with Crippen LogP contribution in [0.25, 0.3) is 0 Å². The van der Waals surface area contributed by atoms with Gasteiger partial charge in [-0.3, -0.25) is 4.79 Å². The molecule has 1 fully saturated rings. The molecule has 1 saturated carbocycles. The highest BCUT2D eigenvalue weighted by atomic mass is 16.4. The van der Waals surface area contributed by atoms with E-state index in [-0.39, 0.29) is 6.42 Å². The number of hydrogen-bond acceptors (Lipinski definition) is 2. The Bertz CT molecular complexity index is 215. The van der Waals surface area contributed by atoms with Gasteiger partial charge in [0.05, 0.1) is 12.0 Å². The fraction of sp³-hybridized carbons (Fsp3) is 0.917. The van der Waals surface area contributed by atoms with Gasteiger partial charge in [0.1, 0.15) is 0 Å². The van der Waals surface area contributed by atoms with Gasteiger partial charge in [-0.1, -0.05) is 32.6 Å². The van der Waals surface area contributed by atoms with Gasteiger partial charge in [0, 0.05) is 0 Å². The van der Waals surface area contributed by atoms with Gasteiger partial charge in [0.15, 0.2) is 0 Å². The molecular formula is C12H22O3. The second-order valence-electron chi connectivity index (χ2n) is 4.88. The van der Waals surface area contributed by atoms with Gasteiger partial charge in [-0.15, -0.1) is 0 Å². The molecule has 0 aromatic heterocycles. The van der Waals surface area contributed by atoms with E-state index in [1.807, 2.05) is 0 Å². The summed E-state index contributed by atoms with van der Waals surface area (Å²) in [5.41, 5.74) is -0.936. The highest BCUT2D eigenvalue weighted by molar-refractivity contribution is 5.68. The van der Waals surface area contributed by atoms with E-state index in [2.05, 4.69) is 6.92 Å². The van der Waals surface area contributed by atoms with Crippen molar-refractivity contribution in [2.45, 2.75) is 63.9 Å². The Hall–Kier alpha value is -0.570. The van der Waals surface area contributed by atoms with Crippen molar-refractivity contribution in [3.8, 4) is 0 Å². The van der Waals surface area contributed by atoms with Gasteiger partial charge in [-0.05, 0) is 25.2 Å². The second-order valence-corrected chi connectivity index (χ2v) is 4.88. The maximum atomic E-state index is 10.6. The molecule has 2 N–H and O–H groups in total. The maximum absolute atomic E-state index is 10.6. The highest BCUT2D eigenvalue weighted by Gasteiger charge is 2.32. The average Bonchev–Trinajstić information content (AvgIpc) is 2.28. The van der Waals surface area contributed by atoms with Gasteiger partial charge in [-0.2, -0.15) is 0 Å². The Morgan fingerprint density at radius 3 is 2.73 bits per heavy atom. The first-order chi connectivity index (χ1) is 7.06. The largest absolute Gasteiger partial charge is 0.481 e. The molecule has 0 saturated heterocycles. The molecule has 3 nitrogen and oxygen atoms in total. The molecule has 0 bridgehead atoms. The van der Waals surface area contributed by atoms with Crippen molar-refractivity contribution in [2.24, 2.45) is 5.92 Å². The minimum absolute atomic E-state index is 0.0914. The second kappa shape index (κ2) is 5.50. The van der Waals surface area contributed by atoms with Gasteiger partial charge in [-0.25, -0.2) is 0 Å². The predicted molar refractivity (Wildman–Crippen MR) is 58.7 cm³/mol. The van der Waals surface area contributed by atoms with Crippen molar-refractivity contribution < 1.29 is 15.0 Å². The van der Waals surface area contributed by atoms with Gasteiger partial charge < -0.3 is 10.2 Å². The number of carboxylic acid groups (broad SMARTS) is 1. The van der Waals surface area contributed by atoms with E-state index >= 15 is 0 Å². The van der Waals surface area contributed by atoms with Crippen molar-refractivity contribution in [3.63, 3.8) is 0 Å². The third-order valence-corrected chi connectivity index (χ3v) is 3.45. The number of carboxylic acids is 1. The summed E-state index contributed by atoms with van der Waals surface area (Å²) < 4.78 is 0. The molecule has 15 heavy (non-hydrogen) atoms. The quantitative estimate of drug-likeness (QED) is 0.707. The van der Waals surface area contributed by atoms with E-state index in [0.29, 0.717) is 18.8 Å². The predicted octanol–water partition coefficient (Wildman–Crippen LogP) is 2.57. The van der Waals surface area contributed by atoms with Crippen LogP contribution in [0.4, 0.5) is 0 Å². The fourth-order valence-electron chi connectivity index (χ4n) is 2.62. The zero-order valence-corrected chi connectivity index (χ0v) is 9.54. The first kappa shape index (κ1) is 12.5. The van der Waals surface area contributed by atoms with Crippen molar-refractivity contribution in [1.82, 2.24) is 0 Å². The molecule has 0 amide bonds. The van der Waals surface area contributed by atoms with Crippen molar-refractivity contribution >= 4 is 5.97 Å². The Morgan fingerprint density at radius 1 is 1.40 bits per heavy atom. The summed E-state index contributed by atoms with van der Waals surface area (Å²) in [5, 5.41) is 18.9. The third-order valence-electron chi connectivity index (χ3n) is 3.45. The molecule has 1 aliphatic carbocycles. The SMILES string of the molecule is CCCC1CCCC(O)(CC(=O)O)CC1. The molecule has 1 rings (SSSR count). The van der Waals surface area contributed by atoms with Crippen LogP contribution in [0.3, 0.4) is 0 Å². The molecule has 88 valence electrons. The monoisotopic (exact) mass is 214 g/mol. The molecule has 0 spiro atoms. The lowest BCUT2D eigenvalue weighted by Crippen LogP contribution is -2.31. The van der Waals surface area contributed by atoms with Crippen molar-refractivity contribution in [1.29, 1.82) is 0 Å². The zero-order valence-electron chi connectivity index (χ0n) is 9.54. The first-order valence-electron chi connectivity index (χ1n) is 6.00. The van der Waals surface area contributed by atoms with Crippen LogP contribution in [0, 0.1) is 5.92 Å². The summed E-state index contributed by atoms with van der Waals surface area (Å²) in [6.45, 7) is 2.17. The van der Waals surface area contributed by atoms with Crippen LogP contribution >= 0.6 is 0 Å². The van der Waals surface area contributed by atoms with E-state index in [9.17, 15) is 9.90 Å². The van der Waals surface area contributed by atoms with Crippen LogP contribution in [0.1, 0.15) is 58.3 Å². The van der Waals surface area contributed by atoms with E-state index in [4.69, 9.17) is 5.11 Å². The molecular weight excluding hydrogens is 192 g/mol. The lowest BCUT2D eigenvalue weighted by Gasteiger charge is -2.24. The minimum Gasteiger partial charge on any atom is -0.481 e. The summed E-state index contributed by atoms with van der Waals surface area (Å²) in [7, 11) is 0. The highest BCUT2D eigenvalue weighted by Crippen LogP contribution is 2.34. The minimum atomic E-state index is -0.936. The summed E-state index contributed by atoms with van der Waals surface area (Å²) in [5.74, 6) is -0.190. The van der Waals surface area contributed by atoms with Crippen molar-refractivity contribution in [3.05, 3.63) is 0 Å². The van der Waals surface area contributed by atoms with Crippen LogP contribution in [0.15, 0.2) is 0 Å². The molecule has 0 aromatic rings. The summed E-state index contributed by atoms with van der Waals surface area (Å²) in [4.78, 5) is 10.6. The van der Waals surface area contributed by atoms with Gasteiger partial charge in [0.2, 0.25) is 0 Å². The molecule has 0 heterocycles. The zero-order chi connectivity index (χ0) is 11.3. The van der Waals surface area contributed by atoms with Crippen molar-refractivity contribution in [2.75, 3.05) is 0 Å². The normalized spacial score (nSPS) is 32.3. The third kappa shape index (κ3) is 4.20. The van der Waals surface area contributed by atoms with E-state index in [1.165, 1.54) is 12.8 Å². The van der Waals surface area contributed by atoms with Crippen LogP contribution < -0.4 is 0 Å². The smallest absolute Gasteiger partial charge is 0.306 e. The standard InChI is InChI=1S/C12H22O3/c1-2-4-10-5-3-7-12(15,8-6-10)9-11(13)14/h10,15H,2-9H2,1H3,(H,13,14). The summed E-state index contributed by atoms with van der Waals surface area (Å²) in [6, 6.07) is 0. The van der Waals surface area contributed by atoms with Crippen LogP contribution in [-0.4, -0.2) is 21.8 Å². The van der Waals surface area contributed by atoms with Crippen LogP contribution in [0.5, 0.6) is 0 Å². The topological polar surface area (TPSA) is 57.5 Å². The summed E-state index contributed by atoms with van der Waals surface area (Å²) >= 11 is 0. The molecule has 3 heteroatoms. The first-order valence-corrected chi connectivity index (χ1v) is 6.00. The molecule has 2 unspecified atom stereocenters. The summed E-state index contributed by atoms with van der Waals surface area (Å²) in [6.07, 6.45) is 6.71. The molecule has 2 atom stereocenters. The van der Waals surface area contributed by atoms with Crippen LogP contribution in [0.2, 0.25) is 0 Å². The fourth-order valence-corrected chi connectivity index (χ4v) is 2.62. The maximum Gasteiger partial charge on any atom is 0.306 e. The van der Waals surface area contributed by atoms with E-state index in [1.54, 1.807) is 0 Å². The Labute approximate surface area is 91.5 Å². The molecule has 1 aliphatic rings. The number of aliphatic hydroxyl groups is 1. The van der Waals surface area contributed by atoms with E-state index < -0.39 is 11.6 Å². The lowest BCUT2D eigenvalue weighted by atomic mass is 9.90. The van der Waals surface area contributed by atoms with Gasteiger partial charge >= 0.3 is 5.97 Å². The van der Waals surface area contributed by atoms with Gasteiger partial charge in [0.25, 0.3) is 0 Å². The Morgan fingerprint density at radius 2 is 2.13 bits per heavy atom. The number of hydrogen-bond donors (Lipinski definition) is 2.